The maximum Gasteiger partial charge on any atom is 0.212 e. The second-order valence-electron chi connectivity index (χ2n) is 4.04. The number of hydrogen-bond acceptors (Lipinski definition) is 4. The highest BCUT2D eigenvalue weighted by molar-refractivity contribution is 7.89. The van der Waals surface area contributed by atoms with E-state index >= 15 is 0 Å². The molecule has 88 valence electrons. The summed E-state index contributed by atoms with van der Waals surface area (Å²) in [6, 6.07) is 5.67. The third-order valence-electron chi connectivity index (χ3n) is 3.06. The van der Waals surface area contributed by atoms with Crippen molar-refractivity contribution in [1.82, 2.24) is 0 Å². The maximum atomic E-state index is 11.3. The molecule has 5 nitrogen and oxygen atoms in total. The topological polar surface area (TPSA) is 98.2 Å². The van der Waals surface area contributed by atoms with E-state index in [4.69, 9.17) is 11.0 Å². The van der Waals surface area contributed by atoms with E-state index in [1.165, 1.54) is 0 Å². The molecule has 6 heteroatoms. The van der Waals surface area contributed by atoms with E-state index in [1.54, 1.807) is 0 Å². The minimum Gasteiger partial charge on any atom is -0.324 e. The minimum atomic E-state index is -3.44. The summed E-state index contributed by atoms with van der Waals surface area (Å²) in [6.07, 6.45) is 1.73. The van der Waals surface area contributed by atoms with Gasteiger partial charge in [0.25, 0.3) is 0 Å². The van der Waals surface area contributed by atoms with Crippen LogP contribution < -0.4 is 16.4 Å². The molecule has 0 aromatic heterocycles. The lowest BCUT2D eigenvalue weighted by Gasteiger charge is -2.24. The lowest BCUT2D eigenvalue weighted by atomic mass is 9.90. The monoisotopic (exact) mass is 241 g/mol. The molecular weight excluding hydrogens is 226 g/mol. The first kappa shape index (κ1) is 11.4. The molecule has 0 saturated carbocycles. The van der Waals surface area contributed by atoms with Gasteiger partial charge in [-0.3, -0.25) is 5.84 Å². The van der Waals surface area contributed by atoms with E-state index in [9.17, 15) is 8.42 Å². The van der Waals surface area contributed by atoms with Crippen molar-refractivity contribution >= 4 is 15.7 Å². The van der Waals surface area contributed by atoms with Crippen LogP contribution in [0.1, 0.15) is 17.5 Å². The lowest BCUT2D eigenvalue weighted by Crippen LogP contribution is -2.34. The summed E-state index contributed by atoms with van der Waals surface area (Å²) in [5.74, 6) is 5.40. The predicted octanol–water partition coefficient (Wildman–Crippen LogP) is 0.118. The van der Waals surface area contributed by atoms with E-state index in [-0.39, 0.29) is 0 Å². The van der Waals surface area contributed by atoms with Crippen molar-refractivity contribution in [3.8, 4) is 0 Å². The van der Waals surface area contributed by atoms with Crippen LogP contribution in [0.3, 0.4) is 0 Å². The van der Waals surface area contributed by atoms with Gasteiger partial charge in [-0.1, -0.05) is 12.1 Å². The Hall–Kier alpha value is -1.11. The van der Waals surface area contributed by atoms with E-state index in [1.807, 2.05) is 18.2 Å². The highest BCUT2D eigenvalue weighted by atomic mass is 32.2. The first-order chi connectivity index (χ1) is 7.52. The largest absolute Gasteiger partial charge is 0.324 e. The molecule has 0 saturated heterocycles. The summed E-state index contributed by atoms with van der Waals surface area (Å²) >= 11 is 0. The molecule has 0 spiro atoms. The van der Waals surface area contributed by atoms with Crippen molar-refractivity contribution < 1.29 is 8.42 Å². The number of fused-ring (bicyclic) bond motifs is 1. The number of nitrogens with one attached hydrogen (secondary N) is 1. The molecule has 0 aliphatic heterocycles. The van der Waals surface area contributed by atoms with E-state index < -0.39 is 15.3 Å². The zero-order chi connectivity index (χ0) is 11.8. The number of sulfonamides is 1. The number of rotatable bonds is 2. The number of primary sulfonamides is 1. The van der Waals surface area contributed by atoms with Gasteiger partial charge in [-0.05, 0) is 36.5 Å². The number of anilines is 1. The molecule has 1 aromatic rings. The van der Waals surface area contributed by atoms with Crippen molar-refractivity contribution in [2.75, 3.05) is 5.43 Å². The number of hydrogen-bond donors (Lipinski definition) is 3. The molecule has 1 unspecified atom stereocenters. The highest BCUT2D eigenvalue weighted by Crippen LogP contribution is 2.29. The fraction of sp³-hybridized carbons (Fsp3) is 0.400. The molecule has 1 aliphatic rings. The Balaban J connectivity index is 2.35. The first-order valence-corrected chi connectivity index (χ1v) is 6.72. The van der Waals surface area contributed by atoms with E-state index in [0.29, 0.717) is 19.3 Å². The van der Waals surface area contributed by atoms with Crippen LogP contribution >= 0.6 is 0 Å². The Labute approximate surface area is 94.8 Å². The molecule has 1 atom stereocenters. The summed E-state index contributed by atoms with van der Waals surface area (Å²) in [4.78, 5) is 0. The van der Waals surface area contributed by atoms with Crippen LogP contribution in [0.5, 0.6) is 0 Å². The summed E-state index contributed by atoms with van der Waals surface area (Å²) in [7, 11) is -3.44. The fourth-order valence-electron chi connectivity index (χ4n) is 2.19. The lowest BCUT2D eigenvalue weighted by molar-refractivity contribution is 0.563. The normalized spacial score (nSPS) is 20.2. The van der Waals surface area contributed by atoms with Crippen molar-refractivity contribution in [2.24, 2.45) is 11.0 Å². The van der Waals surface area contributed by atoms with Gasteiger partial charge in [0.1, 0.15) is 0 Å². The Bertz CT molecular complexity index is 499. The standard InChI is InChI=1S/C10H15N3O2S/c11-13-10-3-1-2-7-6-8(16(12,14)15)4-5-9(7)10/h1-3,8,13H,4-6,11H2,(H2,12,14,15). The second kappa shape index (κ2) is 4.04. The Morgan fingerprint density at radius 3 is 2.75 bits per heavy atom. The van der Waals surface area contributed by atoms with Crippen molar-refractivity contribution in [3.63, 3.8) is 0 Å². The zero-order valence-electron chi connectivity index (χ0n) is 8.81. The summed E-state index contributed by atoms with van der Waals surface area (Å²) < 4.78 is 22.6. The van der Waals surface area contributed by atoms with Crippen LogP contribution in [0, 0.1) is 0 Å². The van der Waals surface area contributed by atoms with E-state index in [0.717, 1.165) is 16.8 Å². The van der Waals surface area contributed by atoms with Crippen LogP contribution in [0.15, 0.2) is 18.2 Å². The van der Waals surface area contributed by atoms with Crippen LogP contribution in [0.4, 0.5) is 5.69 Å². The molecule has 5 N–H and O–H groups in total. The maximum absolute atomic E-state index is 11.3. The van der Waals surface area contributed by atoms with Crippen molar-refractivity contribution in [2.45, 2.75) is 24.5 Å². The number of nitrogen functional groups attached to an aromatic ring is 1. The molecule has 0 amide bonds. The van der Waals surface area contributed by atoms with Gasteiger partial charge in [0, 0.05) is 0 Å². The highest BCUT2D eigenvalue weighted by Gasteiger charge is 2.27. The SMILES string of the molecule is NNc1cccc2c1CCC(S(N)(=O)=O)C2. The number of nitrogens with two attached hydrogens (primary N) is 2. The summed E-state index contributed by atoms with van der Waals surface area (Å²) in [5.41, 5.74) is 5.61. The van der Waals surface area contributed by atoms with Gasteiger partial charge in [-0.25, -0.2) is 13.6 Å². The van der Waals surface area contributed by atoms with Gasteiger partial charge in [-0.2, -0.15) is 0 Å². The molecule has 1 aromatic carbocycles. The summed E-state index contributed by atoms with van der Waals surface area (Å²) in [5, 5.41) is 4.70. The molecule has 0 fully saturated rings. The molecule has 0 radical (unpaired) electrons. The Morgan fingerprint density at radius 2 is 2.12 bits per heavy atom. The van der Waals surface area contributed by atoms with Gasteiger partial charge in [0.05, 0.1) is 10.9 Å². The van der Waals surface area contributed by atoms with Gasteiger partial charge in [0.15, 0.2) is 0 Å². The molecule has 1 aliphatic carbocycles. The third kappa shape index (κ3) is 2.04. The quantitative estimate of drug-likeness (QED) is 0.506. The fourth-order valence-corrected chi connectivity index (χ4v) is 3.05. The molecule has 0 heterocycles. The average Bonchev–Trinajstić information content (AvgIpc) is 2.26. The summed E-state index contributed by atoms with van der Waals surface area (Å²) in [6.45, 7) is 0. The van der Waals surface area contributed by atoms with Crippen molar-refractivity contribution in [1.29, 1.82) is 0 Å². The van der Waals surface area contributed by atoms with Gasteiger partial charge in [0.2, 0.25) is 10.0 Å². The third-order valence-corrected chi connectivity index (χ3v) is 4.39. The van der Waals surface area contributed by atoms with Gasteiger partial charge < -0.3 is 5.43 Å². The van der Waals surface area contributed by atoms with E-state index in [2.05, 4.69) is 5.43 Å². The van der Waals surface area contributed by atoms with Crippen LogP contribution in [-0.4, -0.2) is 13.7 Å². The molecule has 16 heavy (non-hydrogen) atoms. The van der Waals surface area contributed by atoms with Crippen molar-refractivity contribution in [3.05, 3.63) is 29.3 Å². The minimum absolute atomic E-state index is 0.465. The Morgan fingerprint density at radius 1 is 1.38 bits per heavy atom. The van der Waals surface area contributed by atoms with Crippen LogP contribution in [0.25, 0.3) is 0 Å². The number of hydrazine groups is 1. The smallest absolute Gasteiger partial charge is 0.212 e. The molecule has 0 bridgehead atoms. The van der Waals surface area contributed by atoms with Crippen LogP contribution in [0.2, 0.25) is 0 Å². The zero-order valence-corrected chi connectivity index (χ0v) is 9.63. The number of benzene rings is 1. The molecular formula is C10H15N3O2S. The predicted molar refractivity (Wildman–Crippen MR) is 63.2 cm³/mol. The first-order valence-electron chi connectivity index (χ1n) is 5.11. The van der Waals surface area contributed by atoms with Crippen LogP contribution in [-0.2, 0) is 22.9 Å². The van der Waals surface area contributed by atoms with Gasteiger partial charge in [-0.15, -0.1) is 0 Å². The molecule has 2 rings (SSSR count). The average molecular weight is 241 g/mol. The Kier molecular flexibility index (Phi) is 2.88. The second-order valence-corrected chi connectivity index (χ2v) is 5.89. The van der Waals surface area contributed by atoms with Gasteiger partial charge >= 0.3 is 0 Å².